The highest BCUT2D eigenvalue weighted by atomic mass is 16.4. The van der Waals surface area contributed by atoms with Crippen molar-refractivity contribution in [2.24, 2.45) is 5.92 Å². The van der Waals surface area contributed by atoms with Crippen molar-refractivity contribution in [2.45, 2.75) is 62.2 Å². The molecule has 0 spiro atoms. The van der Waals surface area contributed by atoms with Gasteiger partial charge in [0.2, 0.25) is 0 Å². The Morgan fingerprint density at radius 3 is 2.45 bits per heavy atom. The lowest BCUT2D eigenvalue weighted by Gasteiger charge is -2.59. The Morgan fingerprint density at radius 2 is 1.84 bits per heavy atom. The van der Waals surface area contributed by atoms with E-state index in [1.165, 1.54) is 49.8 Å². The number of nitrogens with zero attached hydrogens (tertiary/aromatic N) is 1. The number of carboxylic acid groups (broad SMARTS) is 2. The van der Waals surface area contributed by atoms with Crippen LogP contribution >= 0.6 is 0 Å². The van der Waals surface area contributed by atoms with Gasteiger partial charge in [0.1, 0.15) is 5.75 Å². The number of phenolic OH excluding ortho intramolecular Hbond substituents is 1. The van der Waals surface area contributed by atoms with E-state index >= 15 is 0 Å². The van der Waals surface area contributed by atoms with E-state index in [4.69, 9.17) is 20.4 Å². The molecule has 1 heterocycles. The van der Waals surface area contributed by atoms with Crippen molar-refractivity contribution in [3.8, 4) is 5.75 Å². The Morgan fingerprint density at radius 1 is 1.16 bits per heavy atom. The van der Waals surface area contributed by atoms with Crippen LogP contribution in [0.3, 0.4) is 0 Å². The standard InChI is InChI=1S/C19H25NO.C4H6O6/c1-2-10-20-11-9-19-8-4-3-5-16(19)18(20)12-14-6-7-15(21)13-17(14)19;5-1(3(7)8)2(6)4(9)10/h2,6-7,13,16,18,21H,1,3-5,8-12H2;1-2,5-6H,(H,7,8)(H,9,10)/t16-,18-,19+;/m0./s1. The second-order valence-electron chi connectivity index (χ2n) is 8.72. The highest BCUT2D eigenvalue weighted by Gasteiger charge is 2.53. The van der Waals surface area contributed by atoms with Crippen LogP contribution in [0.25, 0.3) is 0 Å². The second kappa shape index (κ2) is 9.38. The first-order chi connectivity index (χ1) is 14.7. The topological polar surface area (TPSA) is 139 Å². The van der Waals surface area contributed by atoms with Gasteiger partial charge < -0.3 is 25.5 Å². The zero-order chi connectivity index (χ0) is 22.8. The van der Waals surface area contributed by atoms with Gasteiger partial charge in [-0.15, -0.1) is 6.58 Å². The molecule has 2 bridgehead atoms. The molecule has 5 N–H and O–H groups in total. The minimum atomic E-state index is -2.27. The van der Waals surface area contributed by atoms with Crippen LogP contribution in [-0.2, 0) is 21.4 Å². The van der Waals surface area contributed by atoms with Crippen LogP contribution in [0.5, 0.6) is 5.75 Å². The first kappa shape index (κ1) is 23.2. The molecular weight excluding hydrogens is 402 g/mol. The lowest BCUT2D eigenvalue weighted by molar-refractivity contribution is -0.165. The first-order valence-electron chi connectivity index (χ1n) is 10.7. The molecular formula is C23H31NO7. The van der Waals surface area contributed by atoms with Gasteiger partial charge in [0.05, 0.1) is 0 Å². The number of fused-ring (bicyclic) bond motifs is 1. The quantitative estimate of drug-likeness (QED) is 0.441. The summed E-state index contributed by atoms with van der Waals surface area (Å²) >= 11 is 0. The number of hydrogen-bond donors (Lipinski definition) is 5. The van der Waals surface area contributed by atoms with Crippen LogP contribution in [0.2, 0.25) is 0 Å². The largest absolute Gasteiger partial charge is 0.508 e. The third-order valence-electron chi connectivity index (χ3n) is 7.10. The van der Waals surface area contributed by atoms with Gasteiger partial charge in [-0.3, -0.25) is 4.90 Å². The Bertz CT molecular complexity index is 823. The van der Waals surface area contributed by atoms with Gasteiger partial charge in [-0.1, -0.05) is 25.0 Å². The molecule has 1 aliphatic heterocycles. The predicted molar refractivity (Wildman–Crippen MR) is 113 cm³/mol. The number of aliphatic carboxylic acids is 2. The molecule has 2 fully saturated rings. The van der Waals surface area contributed by atoms with Gasteiger partial charge in [0.25, 0.3) is 0 Å². The molecule has 1 aromatic carbocycles. The van der Waals surface area contributed by atoms with Gasteiger partial charge >= 0.3 is 11.9 Å². The van der Waals surface area contributed by atoms with Gasteiger partial charge in [-0.05, 0) is 61.4 Å². The van der Waals surface area contributed by atoms with E-state index in [-0.39, 0.29) is 0 Å². The van der Waals surface area contributed by atoms with Gasteiger partial charge in [-0.2, -0.15) is 0 Å². The number of phenols is 1. The molecule has 8 heteroatoms. The lowest BCUT2D eigenvalue weighted by Crippen LogP contribution is -2.60. The number of hydrogen-bond acceptors (Lipinski definition) is 6. The van der Waals surface area contributed by atoms with Crippen molar-refractivity contribution in [2.75, 3.05) is 13.1 Å². The van der Waals surface area contributed by atoms with Crippen LogP contribution in [0.1, 0.15) is 43.2 Å². The Hall–Kier alpha value is -2.42. The molecule has 3 aliphatic rings. The van der Waals surface area contributed by atoms with E-state index in [9.17, 15) is 14.7 Å². The van der Waals surface area contributed by atoms with Gasteiger partial charge in [-0.25, -0.2) is 9.59 Å². The van der Waals surface area contributed by atoms with Crippen LogP contribution in [0.15, 0.2) is 30.9 Å². The summed E-state index contributed by atoms with van der Waals surface area (Å²) in [6.07, 6.45) is 5.31. The predicted octanol–water partition coefficient (Wildman–Crippen LogP) is 1.51. The monoisotopic (exact) mass is 433 g/mol. The van der Waals surface area contributed by atoms with Crippen molar-refractivity contribution in [3.05, 3.63) is 42.0 Å². The van der Waals surface area contributed by atoms with Crippen LogP contribution in [-0.4, -0.2) is 73.7 Å². The number of piperidine rings is 1. The van der Waals surface area contributed by atoms with E-state index in [2.05, 4.69) is 29.7 Å². The maximum absolute atomic E-state index is 9.98. The Kier molecular flexibility index (Phi) is 7.03. The summed E-state index contributed by atoms with van der Waals surface area (Å²) in [7, 11) is 0. The molecule has 31 heavy (non-hydrogen) atoms. The number of rotatable bonds is 5. The number of aliphatic hydroxyl groups excluding tert-OH is 2. The summed E-state index contributed by atoms with van der Waals surface area (Å²) in [5.41, 5.74) is 3.29. The molecule has 1 saturated heterocycles. The second-order valence-corrected chi connectivity index (χ2v) is 8.72. The van der Waals surface area contributed by atoms with Crippen LogP contribution < -0.4 is 0 Å². The van der Waals surface area contributed by atoms with Gasteiger partial charge in [0, 0.05) is 18.0 Å². The van der Waals surface area contributed by atoms with E-state index in [1.54, 1.807) is 0 Å². The summed E-state index contributed by atoms with van der Waals surface area (Å²) < 4.78 is 0. The molecule has 0 radical (unpaired) electrons. The summed E-state index contributed by atoms with van der Waals surface area (Å²) in [5.74, 6) is -2.32. The Labute approximate surface area is 181 Å². The number of carboxylic acids is 2. The minimum Gasteiger partial charge on any atom is -0.508 e. The molecule has 4 rings (SSSR count). The fourth-order valence-electron chi connectivity index (χ4n) is 5.74. The van der Waals surface area contributed by atoms with Gasteiger partial charge in [0.15, 0.2) is 12.2 Å². The van der Waals surface area contributed by atoms with Crippen molar-refractivity contribution < 1.29 is 35.1 Å². The highest BCUT2D eigenvalue weighted by Crippen LogP contribution is 2.56. The molecule has 8 nitrogen and oxygen atoms in total. The SMILES string of the molecule is C=CCN1CC[C@]23CCCC[C@H]2[C@@H]1Cc1ccc(O)cc13.O=C(O)C(O)C(O)C(=O)O. The average Bonchev–Trinajstić information content (AvgIpc) is 2.75. The van der Waals surface area contributed by atoms with E-state index in [0.29, 0.717) is 17.2 Å². The molecule has 170 valence electrons. The van der Waals surface area contributed by atoms with Crippen molar-refractivity contribution >= 4 is 11.9 Å². The summed E-state index contributed by atoms with van der Waals surface area (Å²) in [6, 6.07) is 6.79. The molecule has 0 aromatic heterocycles. The Balaban J connectivity index is 0.000000233. The number of aliphatic hydroxyl groups is 2. The van der Waals surface area contributed by atoms with E-state index < -0.39 is 24.1 Å². The maximum Gasteiger partial charge on any atom is 0.335 e. The van der Waals surface area contributed by atoms with E-state index in [1.807, 2.05) is 6.07 Å². The zero-order valence-corrected chi connectivity index (χ0v) is 17.5. The number of benzene rings is 1. The summed E-state index contributed by atoms with van der Waals surface area (Å²) in [6.45, 7) is 6.15. The summed E-state index contributed by atoms with van der Waals surface area (Å²) in [4.78, 5) is 22.2. The third kappa shape index (κ3) is 4.46. The fourth-order valence-corrected chi connectivity index (χ4v) is 5.74. The van der Waals surface area contributed by atoms with Crippen LogP contribution in [0.4, 0.5) is 0 Å². The molecule has 0 amide bonds. The van der Waals surface area contributed by atoms with Crippen molar-refractivity contribution in [1.82, 2.24) is 4.90 Å². The molecule has 1 aromatic rings. The number of carbonyl (C=O) groups is 2. The highest BCUT2D eigenvalue weighted by molar-refractivity contribution is 5.83. The smallest absolute Gasteiger partial charge is 0.335 e. The van der Waals surface area contributed by atoms with Crippen LogP contribution in [0, 0.1) is 5.92 Å². The van der Waals surface area contributed by atoms with E-state index in [0.717, 1.165) is 18.9 Å². The minimum absolute atomic E-state index is 0.340. The molecule has 2 aliphatic carbocycles. The average molecular weight is 434 g/mol. The fraction of sp³-hybridized carbons (Fsp3) is 0.565. The lowest BCUT2D eigenvalue weighted by atomic mass is 9.52. The number of likely N-dealkylation sites (tertiary alicyclic amines) is 1. The molecule has 2 unspecified atom stereocenters. The van der Waals surface area contributed by atoms with Crippen molar-refractivity contribution in [1.29, 1.82) is 0 Å². The first-order valence-corrected chi connectivity index (χ1v) is 10.7. The number of aromatic hydroxyl groups is 1. The van der Waals surface area contributed by atoms with Crippen molar-refractivity contribution in [3.63, 3.8) is 0 Å². The maximum atomic E-state index is 9.98. The zero-order valence-electron chi connectivity index (χ0n) is 17.5. The normalized spacial score (nSPS) is 28.7. The summed E-state index contributed by atoms with van der Waals surface area (Å²) in [5, 5.41) is 42.5. The molecule has 1 saturated carbocycles. The third-order valence-corrected chi connectivity index (χ3v) is 7.10. The molecule has 5 atom stereocenters.